The molecule has 0 atom stereocenters. The summed E-state index contributed by atoms with van der Waals surface area (Å²) in [5.74, 6) is -2.21. The van der Waals surface area contributed by atoms with Crippen LogP contribution in [0.4, 0.5) is 20.2 Å². The maximum absolute atomic E-state index is 13.9. The highest BCUT2D eigenvalue weighted by Crippen LogP contribution is 2.25. The first-order valence-electron chi connectivity index (χ1n) is 10.5. The van der Waals surface area contributed by atoms with E-state index in [1.54, 1.807) is 4.57 Å². The first kappa shape index (κ1) is 23.4. The molecule has 9 heteroatoms. The van der Waals surface area contributed by atoms with Crippen molar-refractivity contribution in [3.05, 3.63) is 83.4 Å². The topological polar surface area (TPSA) is 76.0 Å². The number of anilines is 2. The standard InChI is InChI=1S/C25H22F2N4O2S/c1-15-7-9-18(11-16(15)2)28-24(33)14-34-25-30-21-5-3-4-6-22(21)31(25)13-23(32)29-20-10-8-17(26)12-19(20)27/h3-12H,13-14H2,1-2H3,(H,28,33)(H,29,32). The molecule has 34 heavy (non-hydrogen) atoms. The smallest absolute Gasteiger partial charge is 0.244 e. The summed E-state index contributed by atoms with van der Waals surface area (Å²) >= 11 is 1.20. The largest absolute Gasteiger partial charge is 0.325 e. The molecule has 0 fully saturated rings. The third-order valence-electron chi connectivity index (χ3n) is 5.25. The van der Waals surface area contributed by atoms with Gasteiger partial charge < -0.3 is 15.2 Å². The monoisotopic (exact) mass is 480 g/mol. The maximum Gasteiger partial charge on any atom is 0.244 e. The highest BCUT2D eigenvalue weighted by molar-refractivity contribution is 7.99. The molecule has 0 radical (unpaired) electrons. The summed E-state index contributed by atoms with van der Waals surface area (Å²) in [6, 6.07) is 15.9. The molecule has 0 aliphatic carbocycles. The van der Waals surface area contributed by atoms with Gasteiger partial charge in [-0.1, -0.05) is 30.0 Å². The van der Waals surface area contributed by atoms with Gasteiger partial charge in [-0.25, -0.2) is 13.8 Å². The van der Waals surface area contributed by atoms with Crippen LogP contribution in [0.3, 0.4) is 0 Å². The van der Waals surface area contributed by atoms with Gasteiger partial charge >= 0.3 is 0 Å². The molecular formula is C25H22F2N4O2S. The van der Waals surface area contributed by atoms with Gasteiger partial charge in [0.25, 0.3) is 0 Å². The second-order valence-electron chi connectivity index (χ2n) is 7.78. The van der Waals surface area contributed by atoms with E-state index in [1.807, 2.05) is 56.3 Å². The second kappa shape index (κ2) is 10.0. The Hall–Kier alpha value is -3.72. The predicted molar refractivity (Wildman–Crippen MR) is 130 cm³/mol. The van der Waals surface area contributed by atoms with Crippen LogP contribution in [-0.4, -0.2) is 27.1 Å². The Morgan fingerprint density at radius 3 is 2.50 bits per heavy atom. The number of carbonyl (C=O) groups is 2. The Morgan fingerprint density at radius 1 is 0.941 bits per heavy atom. The molecule has 3 aromatic carbocycles. The number of nitrogens with zero attached hydrogens (tertiary/aromatic N) is 2. The number of rotatable bonds is 7. The zero-order valence-corrected chi connectivity index (χ0v) is 19.4. The van der Waals surface area contributed by atoms with E-state index in [-0.39, 0.29) is 23.9 Å². The summed E-state index contributed by atoms with van der Waals surface area (Å²) in [6.07, 6.45) is 0. The Bertz CT molecular complexity index is 1390. The van der Waals surface area contributed by atoms with E-state index in [0.29, 0.717) is 27.9 Å². The van der Waals surface area contributed by atoms with Gasteiger partial charge in [0.2, 0.25) is 11.8 Å². The minimum absolute atomic E-state index is 0.0878. The number of aromatic nitrogens is 2. The van der Waals surface area contributed by atoms with Crippen molar-refractivity contribution in [3.63, 3.8) is 0 Å². The lowest BCUT2D eigenvalue weighted by atomic mass is 10.1. The molecule has 0 unspecified atom stereocenters. The van der Waals surface area contributed by atoms with Crippen molar-refractivity contribution >= 4 is 46.0 Å². The number of imidazole rings is 1. The van der Waals surface area contributed by atoms with Gasteiger partial charge in [0.1, 0.15) is 18.2 Å². The van der Waals surface area contributed by atoms with E-state index in [2.05, 4.69) is 15.6 Å². The molecule has 1 heterocycles. The van der Waals surface area contributed by atoms with Crippen LogP contribution in [0.5, 0.6) is 0 Å². The molecule has 4 aromatic rings. The van der Waals surface area contributed by atoms with Crippen LogP contribution in [0.1, 0.15) is 11.1 Å². The van der Waals surface area contributed by atoms with Crippen LogP contribution in [0.15, 0.2) is 65.8 Å². The fraction of sp³-hybridized carbons (Fsp3) is 0.160. The van der Waals surface area contributed by atoms with Crippen LogP contribution in [0, 0.1) is 25.5 Å². The number of hydrogen-bond acceptors (Lipinski definition) is 4. The quantitative estimate of drug-likeness (QED) is 0.352. The van der Waals surface area contributed by atoms with Crippen molar-refractivity contribution in [1.82, 2.24) is 9.55 Å². The van der Waals surface area contributed by atoms with E-state index >= 15 is 0 Å². The zero-order chi connectivity index (χ0) is 24.2. The minimum atomic E-state index is -0.860. The normalized spacial score (nSPS) is 10.9. The highest BCUT2D eigenvalue weighted by Gasteiger charge is 2.17. The van der Waals surface area contributed by atoms with Gasteiger partial charge in [-0.15, -0.1) is 0 Å². The van der Waals surface area contributed by atoms with Crippen molar-refractivity contribution < 1.29 is 18.4 Å². The van der Waals surface area contributed by atoms with Crippen LogP contribution in [0.2, 0.25) is 0 Å². The van der Waals surface area contributed by atoms with Crippen LogP contribution < -0.4 is 10.6 Å². The Morgan fingerprint density at radius 2 is 1.74 bits per heavy atom. The molecule has 2 amide bonds. The van der Waals surface area contributed by atoms with E-state index < -0.39 is 17.5 Å². The fourth-order valence-electron chi connectivity index (χ4n) is 3.39. The third-order valence-corrected chi connectivity index (χ3v) is 6.23. The Kier molecular flexibility index (Phi) is 6.93. The van der Waals surface area contributed by atoms with E-state index in [4.69, 9.17) is 0 Å². The molecule has 4 rings (SSSR count). The summed E-state index contributed by atoms with van der Waals surface area (Å²) in [4.78, 5) is 29.7. The van der Waals surface area contributed by atoms with E-state index in [9.17, 15) is 18.4 Å². The molecule has 6 nitrogen and oxygen atoms in total. The van der Waals surface area contributed by atoms with Gasteiger partial charge in [-0.3, -0.25) is 9.59 Å². The van der Waals surface area contributed by atoms with Crippen molar-refractivity contribution in [3.8, 4) is 0 Å². The van der Waals surface area contributed by atoms with Gasteiger partial charge in [0.05, 0.1) is 22.5 Å². The molecule has 0 aliphatic heterocycles. The van der Waals surface area contributed by atoms with Crippen LogP contribution >= 0.6 is 11.8 Å². The number of halogens is 2. The Labute approximate surface area is 199 Å². The molecule has 174 valence electrons. The van der Waals surface area contributed by atoms with Gasteiger partial charge in [0, 0.05) is 11.8 Å². The predicted octanol–water partition coefficient (Wildman–Crippen LogP) is 5.30. The molecule has 2 N–H and O–H groups in total. The molecule has 0 aliphatic rings. The number of carbonyl (C=O) groups excluding carboxylic acids is 2. The minimum Gasteiger partial charge on any atom is -0.325 e. The van der Waals surface area contributed by atoms with Crippen molar-refractivity contribution in [1.29, 1.82) is 0 Å². The Balaban J connectivity index is 1.48. The second-order valence-corrected chi connectivity index (χ2v) is 8.72. The lowest BCUT2D eigenvalue weighted by Gasteiger charge is -2.11. The summed E-state index contributed by atoms with van der Waals surface area (Å²) in [7, 11) is 0. The summed E-state index contributed by atoms with van der Waals surface area (Å²) in [5.41, 5.74) is 4.19. The summed E-state index contributed by atoms with van der Waals surface area (Å²) in [5, 5.41) is 5.80. The number of hydrogen-bond donors (Lipinski definition) is 2. The maximum atomic E-state index is 13.9. The number of benzene rings is 3. The van der Waals surface area contributed by atoms with Gasteiger partial charge in [-0.2, -0.15) is 0 Å². The van der Waals surface area contributed by atoms with Crippen molar-refractivity contribution in [2.45, 2.75) is 25.5 Å². The molecule has 0 spiro atoms. The highest BCUT2D eigenvalue weighted by atomic mass is 32.2. The van der Waals surface area contributed by atoms with Crippen LogP contribution in [0.25, 0.3) is 11.0 Å². The molecule has 0 bridgehead atoms. The van der Waals surface area contributed by atoms with Crippen molar-refractivity contribution in [2.24, 2.45) is 0 Å². The number of nitrogens with one attached hydrogen (secondary N) is 2. The average Bonchev–Trinajstić information content (AvgIpc) is 3.14. The fourth-order valence-corrected chi connectivity index (χ4v) is 4.20. The first-order valence-corrected chi connectivity index (χ1v) is 11.5. The summed E-state index contributed by atoms with van der Waals surface area (Å²) < 4.78 is 28.7. The number of para-hydroxylation sites is 2. The summed E-state index contributed by atoms with van der Waals surface area (Å²) in [6.45, 7) is 3.82. The number of amides is 2. The number of aryl methyl sites for hydroxylation is 2. The number of thioether (sulfide) groups is 1. The van der Waals surface area contributed by atoms with Crippen LogP contribution in [-0.2, 0) is 16.1 Å². The van der Waals surface area contributed by atoms with E-state index in [1.165, 1.54) is 17.8 Å². The average molecular weight is 481 g/mol. The molecule has 1 aromatic heterocycles. The lowest BCUT2D eigenvalue weighted by molar-refractivity contribution is -0.117. The lowest BCUT2D eigenvalue weighted by Crippen LogP contribution is -2.20. The van der Waals surface area contributed by atoms with Gasteiger partial charge in [0.15, 0.2) is 5.16 Å². The van der Waals surface area contributed by atoms with E-state index in [0.717, 1.165) is 17.2 Å². The van der Waals surface area contributed by atoms with Crippen molar-refractivity contribution in [2.75, 3.05) is 16.4 Å². The molecule has 0 saturated heterocycles. The van der Waals surface area contributed by atoms with Gasteiger partial charge in [-0.05, 0) is 61.4 Å². The third kappa shape index (κ3) is 5.43. The first-order chi connectivity index (χ1) is 16.3. The number of fused-ring (bicyclic) bond motifs is 1. The zero-order valence-electron chi connectivity index (χ0n) is 18.6. The molecular weight excluding hydrogens is 458 g/mol. The SMILES string of the molecule is Cc1ccc(NC(=O)CSc2nc3ccccc3n2CC(=O)Nc2ccc(F)cc2F)cc1C. The molecule has 0 saturated carbocycles.